The molecule has 2 aliphatic rings. The molecular weight excluding hydrogens is 598 g/mol. The van der Waals surface area contributed by atoms with E-state index in [9.17, 15) is 23.2 Å². The van der Waals surface area contributed by atoms with Crippen molar-refractivity contribution in [1.82, 2.24) is 24.7 Å². The van der Waals surface area contributed by atoms with Gasteiger partial charge in [0.2, 0.25) is 11.7 Å². The van der Waals surface area contributed by atoms with Crippen molar-refractivity contribution < 1.29 is 27.9 Å². The van der Waals surface area contributed by atoms with Crippen molar-refractivity contribution in [1.29, 1.82) is 5.26 Å². The second-order valence-electron chi connectivity index (χ2n) is 10.4. The second-order valence-corrected chi connectivity index (χ2v) is 10.8. The molecule has 230 valence electrons. The summed E-state index contributed by atoms with van der Waals surface area (Å²) in [6.07, 6.45) is 1.81. The van der Waals surface area contributed by atoms with Gasteiger partial charge in [-0.2, -0.15) is 9.65 Å². The Kier molecular flexibility index (Phi) is 9.09. The van der Waals surface area contributed by atoms with Gasteiger partial charge in [0.25, 0.3) is 11.8 Å². The minimum Gasteiger partial charge on any atom is -0.476 e. The van der Waals surface area contributed by atoms with Gasteiger partial charge in [0.15, 0.2) is 24.0 Å². The Labute approximate surface area is 256 Å². The molecule has 2 atom stereocenters. The fourth-order valence-electron chi connectivity index (χ4n) is 5.25. The summed E-state index contributed by atoms with van der Waals surface area (Å²) in [5, 5.41) is 14.5. The minimum absolute atomic E-state index is 0.0141. The second kappa shape index (κ2) is 13.0. The summed E-state index contributed by atoms with van der Waals surface area (Å²) < 4.78 is 35.4. The fourth-order valence-corrected chi connectivity index (χ4v) is 5.51. The van der Waals surface area contributed by atoms with E-state index in [1.807, 2.05) is 0 Å². The average Bonchev–Trinajstić information content (AvgIpc) is 3.62. The first-order valence-electron chi connectivity index (χ1n) is 13.8. The third-order valence-corrected chi connectivity index (χ3v) is 7.92. The SMILES string of the molecule is Cn1c(-c2ccc(OCC#N)c(F)c2F)cnc1C(=O)Nc1ccc(C(=O)N2CCN(C(=O)[C@@H]3C[C@H](N)CN3)CC2)c(Cl)c1. The Morgan fingerprint density at radius 2 is 1.89 bits per heavy atom. The van der Waals surface area contributed by atoms with Gasteiger partial charge in [0.05, 0.1) is 28.5 Å². The van der Waals surface area contributed by atoms with Gasteiger partial charge in [-0.1, -0.05) is 11.6 Å². The molecule has 2 aromatic carbocycles. The van der Waals surface area contributed by atoms with Crippen LogP contribution in [-0.2, 0) is 11.8 Å². The first-order chi connectivity index (χ1) is 21.1. The number of nitrogens with two attached hydrogens (primary N) is 1. The lowest BCUT2D eigenvalue weighted by molar-refractivity contribution is -0.134. The maximum Gasteiger partial charge on any atom is 0.291 e. The van der Waals surface area contributed by atoms with Crippen LogP contribution < -0.4 is 21.1 Å². The van der Waals surface area contributed by atoms with Crippen LogP contribution in [0.3, 0.4) is 0 Å². The summed E-state index contributed by atoms with van der Waals surface area (Å²) in [6.45, 7) is 1.64. The van der Waals surface area contributed by atoms with Crippen LogP contribution in [0, 0.1) is 23.0 Å². The lowest BCUT2D eigenvalue weighted by atomic mass is 10.1. The molecule has 5 rings (SSSR count). The molecule has 2 saturated heterocycles. The van der Waals surface area contributed by atoms with Gasteiger partial charge in [-0.25, -0.2) is 9.37 Å². The maximum absolute atomic E-state index is 14.8. The Bertz CT molecular complexity index is 1650. The van der Waals surface area contributed by atoms with Crippen molar-refractivity contribution >= 4 is 35.0 Å². The molecule has 2 fully saturated rings. The molecule has 3 amide bonds. The normalized spacial score (nSPS) is 18.2. The van der Waals surface area contributed by atoms with Crippen molar-refractivity contribution in [2.45, 2.75) is 18.5 Å². The molecule has 0 bridgehead atoms. The molecule has 0 unspecified atom stereocenters. The molecule has 12 nitrogen and oxygen atoms in total. The zero-order valence-electron chi connectivity index (χ0n) is 23.6. The number of hydrogen-bond acceptors (Lipinski definition) is 8. The number of carbonyl (C=O) groups excluding carboxylic acids is 3. The van der Waals surface area contributed by atoms with Crippen LogP contribution in [0.2, 0.25) is 5.02 Å². The molecule has 44 heavy (non-hydrogen) atoms. The number of nitriles is 1. The molecule has 0 saturated carbocycles. The number of nitrogens with one attached hydrogen (secondary N) is 2. The van der Waals surface area contributed by atoms with Gasteiger partial charge in [0.1, 0.15) is 6.07 Å². The number of piperazine rings is 1. The Morgan fingerprint density at radius 1 is 1.16 bits per heavy atom. The van der Waals surface area contributed by atoms with E-state index in [1.165, 1.54) is 48.1 Å². The van der Waals surface area contributed by atoms with Crippen LogP contribution in [0.15, 0.2) is 36.5 Å². The highest BCUT2D eigenvalue weighted by atomic mass is 35.5. The van der Waals surface area contributed by atoms with Gasteiger partial charge in [-0.3, -0.25) is 14.4 Å². The van der Waals surface area contributed by atoms with E-state index < -0.39 is 29.9 Å². The van der Waals surface area contributed by atoms with Crippen LogP contribution in [-0.4, -0.2) is 88.5 Å². The van der Waals surface area contributed by atoms with Crippen molar-refractivity contribution in [3.8, 4) is 23.1 Å². The van der Waals surface area contributed by atoms with Gasteiger partial charge < -0.3 is 35.5 Å². The maximum atomic E-state index is 14.8. The van der Waals surface area contributed by atoms with Crippen LogP contribution in [0.1, 0.15) is 27.4 Å². The van der Waals surface area contributed by atoms with Crippen LogP contribution in [0.5, 0.6) is 5.75 Å². The number of carbonyl (C=O) groups is 3. The largest absolute Gasteiger partial charge is 0.476 e. The molecule has 3 aromatic rings. The van der Waals surface area contributed by atoms with Crippen LogP contribution in [0.4, 0.5) is 14.5 Å². The van der Waals surface area contributed by atoms with Crippen LogP contribution in [0.25, 0.3) is 11.3 Å². The molecule has 0 radical (unpaired) electrons. The number of nitrogens with zero attached hydrogens (tertiary/aromatic N) is 5. The molecule has 0 spiro atoms. The number of halogens is 3. The highest BCUT2D eigenvalue weighted by Crippen LogP contribution is 2.30. The Hall–Kier alpha value is -4.58. The van der Waals surface area contributed by atoms with Crippen molar-refractivity contribution in [2.75, 3.05) is 44.6 Å². The number of ether oxygens (including phenoxy) is 1. The zero-order valence-corrected chi connectivity index (χ0v) is 24.4. The molecule has 3 heterocycles. The monoisotopic (exact) mass is 626 g/mol. The summed E-state index contributed by atoms with van der Waals surface area (Å²) in [6, 6.07) is 8.24. The predicted octanol–water partition coefficient (Wildman–Crippen LogP) is 2.15. The number of benzene rings is 2. The molecular formula is C29H29ClF2N8O4. The average molecular weight is 627 g/mol. The zero-order chi connectivity index (χ0) is 31.5. The third-order valence-electron chi connectivity index (χ3n) is 7.61. The minimum atomic E-state index is -1.27. The number of rotatable bonds is 7. The highest BCUT2D eigenvalue weighted by molar-refractivity contribution is 6.34. The number of aromatic nitrogens is 2. The number of hydrogen-bond donors (Lipinski definition) is 3. The molecule has 15 heteroatoms. The Balaban J connectivity index is 1.22. The van der Waals surface area contributed by atoms with E-state index in [1.54, 1.807) is 15.9 Å². The molecule has 2 aliphatic heterocycles. The van der Waals surface area contributed by atoms with Crippen LogP contribution >= 0.6 is 11.6 Å². The van der Waals surface area contributed by atoms with Crippen molar-refractivity contribution in [3.05, 3.63) is 64.6 Å². The van der Waals surface area contributed by atoms with E-state index in [0.717, 1.165) is 0 Å². The summed E-state index contributed by atoms with van der Waals surface area (Å²) in [5.41, 5.74) is 6.39. The Morgan fingerprint density at radius 3 is 2.55 bits per heavy atom. The number of imidazole rings is 1. The molecule has 1 aromatic heterocycles. The smallest absolute Gasteiger partial charge is 0.291 e. The number of anilines is 1. The van der Waals surface area contributed by atoms with Crippen molar-refractivity contribution in [3.63, 3.8) is 0 Å². The molecule has 0 aliphatic carbocycles. The lowest BCUT2D eigenvalue weighted by Crippen LogP contribution is -2.54. The summed E-state index contributed by atoms with van der Waals surface area (Å²) in [5.74, 6) is -3.95. The summed E-state index contributed by atoms with van der Waals surface area (Å²) in [4.78, 5) is 46.3. The van der Waals surface area contributed by atoms with E-state index in [2.05, 4.69) is 15.6 Å². The summed E-state index contributed by atoms with van der Waals surface area (Å²) >= 11 is 6.43. The third kappa shape index (κ3) is 6.21. The highest BCUT2D eigenvalue weighted by Gasteiger charge is 2.33. The quantitative estimate of drug-likeness (QED) is 0.360. The van der Waals surface area contributed by atoms with Gasteiger partial charge in [-0.15, -0.1) is 0 Å². The fraction of sp³-hybridized carbons (Fsp3) is 0.345. The predicted molar refractivity (Wildman–Crippen MR) is 156 cm³/mol. The number of amides is 3. The first-order valence-corrected chi connectivity index (χ1v) is 14.1. The van der Waals surface area contributed by atoms with Crippen molar-refractivity contribution in [2.24, 2.45) is 12.8 Å². The van der Waals surface area contributed by atoms with E-state index >= 15 is 0 Å². The standard InChI is InChI=1S/C29H29ClF2N8O4/c1-38-22(19-4-5-23(44-11-6-33)25(32)24(19)31)15-36-26(38)27(41)37-17-2-3-18(20(30)13-17)28(42)39-7-9-40(10-8-39)29(43)21-12-16(34)14-35-21/h2-5,13,15-16,21,35H,7-12,14,34H2,1H3,(H,37,41)/t16-,21-/m0/s1. The van der Waals surface area contributed by atoms with Gasteiger partial charge in [0, 0.05) is 57.1 Å². The lowest BCUT2D eigenvalue weighted by Gasteiger charge is -2.36. The van der Waals surface area contributed by atoms with E-state index in [4.69, 9.17) is 27.3 Å². The van der Waals surface area contributed by atoms with E-state index in [0.29, 0.717) is 39.1 Å². The van der Waals surface area contributed by atoms with Gasteiger partial charge in [-0.05, 0) is 36.8 Å². The van der Waals surface area contributed by atoms with Gasteiger partial charge >= 0.3 is 0 Å². The molecule has 4 N–H and O–H groups in total. The summed E-state index contributed by atoms with van der Waals surface area (Å²) in [7, 11) is 1.47. The van der Waals surface area contributed by atoms with E-state index in [-0.39, 0.29) is 57.3 Å². The first kappa shape index (κ1) is 30.9. The topological polar surface area (TPSA) is 159 Å².